The van der Waals surface area contributed by atoms with Crippen LogP contribution in [-0.2, 0) is 30.6 Å². The van der Waals surface area contributed by atoms with E-state index in [0.717, 1.165) is 4.57 Å². The smallest absolute Gasteiger partial charge is 0.323 e. The molecule has 1 aromatic carbocycles. The summed E-state index contributed by atoms with van der Waals surface area (Å²) in [6, 6.07) is 7.62. The number of alkyl halides is 2. The Morgan fingerprint density at radius 1 is 1.33 bits per heavy atom. The maximum absolute atomic E-state index is 15.7. The lowest BCUT2D eigenvalue weighted by Crippen LogP contribution is -2.40. The summed E-state index contributed by atoms with van der Waals surface area (Å²) in [6.45, 7) is 1.01. The van der Waals surface area contributed by atoms with Gasteiger partial charge in [0.15, 0.2) is 17.7 Å². The molecule has 3 aromatic rings. The van der Waals surface area contributed by atoms with E-state index < -0.39 is 48.8 Å². The molecule has 1 fully saturated rings. The number of nitrogen functional groups attached to an aromatic ring is 2. The monoisotopic (exact) mass is 603 g/mol. The maximum Gasteiger partial charge on any atom is 0.323 e. The molecule has 1 saturated heterocycles. The minimum atomic E-state index is -3.49. The van der Waals surface area contributed by atoms with E-state index in [1.807, 2.05) is 0 Å². The molecule has 17 heteroatoms. The number of ether oxygens (including phenoxy) is 2. The van der Waals surface area contributed by atoms with E-state index in [9.17, 15) is 9.90 Å². The van der Waals surface area contributed by atoms with E-state index >= 15 is 4.39 Å². The van der Waals surface area contributed by atoms with Gasteiger partial charge in [-0.1, -0.05) is 29.8 Å². The van der Waals surface area contributed by atoms with Crippen LogP contribution >= 0.6 is 18.2 Å². The van der Waals surface area contributed by atoms with Gasteiger partial charge in [0.05, 0.1) is 19.0 Å². The number of hydrogen-bond donors (Lipinski definition) is 4. The second kappa shape index (κ2) is 11.5. The number of carbonyl (C=O) groups is 1. The second-order valence-corrected chi connectivity index (χ2v) is 12.7. The average molecular weight is 604 g/mol. The Morgan fingerprint density at radius 2 is 2.03 bits per heavy atom. The molecule has 3 heterocycles. The van der Waals surface area contributed by atoms with Crippen molar-refractivity contribution in [1.29, 1.82) is 0 Å². The number of halogens is 2. The third kappa shape index (κ3) is 6.40. The van der Waals surface area contributed by atoms with Gasteiger partial charge in [-0.05, 0) is 44.7 Å². The number of nitrogens with one attached hydrogen (secondary N) is 1. The van der Waals surface area contributed by atoms with Crippen LogP contribution in [-0.4, -0.2) is 66.7 Å². The topological polar surface area (TPSA) is 182 Å². The molecule has 6 N–H and O–H groups in total. The molecule has 0 aliphatic carbocycles. The van der Waals surface area contributed by atoms with Gasteiger partial charge in [-0.15, -0.1) is 0 Å². The van der Waals surface area contributed by atoms with Crippen LogP contribution in [0.25, 0.3) is 11.2 Å². The van der Waals surface area contributed by atoms with Crippen molar-refractivity contribution in [3.63, 3.8) is 0 Å². The minimum absolute atomic E-state index is 0.0244. The van der Waals surface area contributed by atoms with Crippen molar-refractivity contribution in [2.24, 2.45) is 0 Å². The number of aromatic nitrogens is 4. The molecule has 0 saturated carbocycles. The van der Waals surface area contributed by atoms with E-state index in [1.54, 1.807) is 44.2 Å². The Bertz CT molecular complexity index is 1380. The van der Waals surface area contributed by atoms with Gasteiger partial charge in [-0.25, -0.2) is 14.5 Å². The van der Waals surface area contributed by atoms with Crippen molar-refractivity contribution in [1.82, 2.24) is 24.6 Å². The average Bonchev–Trinajstić information content (AvgIpc) is 3.36. The number of aliphatic hydroxyl groups excluding tert-OH is 1. The third-order valence-electron chi connectivity index (χ3n) is 5.53. The number of fused-ring (bicyclic) bond motifs is 1. The van der Waals surface area contributed by atoms with E-state index in [1.165, 1.54) is 13.3 Å². The van der Waals surface area contributed by atoms with Crippen LogP contribution in [0.1, 0.15) is 27.0 Å². The highest BCUT2D eigenvalue weighted by Crippen LogP contribution is 2.49. The third-order valence-corrected chi connectivity index (χ3v) is 8.44. The van der Waals surface area contributed by atoms with E-state index in [-0.39, 0.29) is 29.0 Å². The lowest BCUT2D eigenvalue weighted by atomic mass is 10.1. The summed E-state index contributed by atoms with van der Waals surface area (Å²) in [5.41, 5.74) is 11.7. The normalized spacial score (nSPS) is 25.5. The van der Waals surface area contributed by atoms with E-state index in [2.05, 4.69) is 20.0 Å². The van der Waals surface area contributed by atoms with Crippen molar-refractivity contribution >= 4 is 58.9 Å². The Labute approximate surface area is 233 Å². The minimum Gasteiger partial charge on any atom is -0.462 e. The fraction of sp³-hybridized carbons (Fsp3) is 0.455. The molecule has 4 rings (SSSR count). The van der Waals surface area contributed by atoms with Crippen molar-refractivity contribution in [3.8, 4) is 5.75 Å². The summed E-state index contributed by atoms with van der Waals surface area (Å²) in [5.74, 6) is -0.411. The van der Waals surface area contributed by atoms with Crippen LogP contribution in [0.5, 0.6) is 5.75 Å². The van der Waals surface area contributed by atoms with Crippen LogP contribution in [0.2, 0.25) is 0 Å². The number of carbonyl (C=O) groups excluding carboxylic acids is 1. The highest BCUT2D eigenvalue weighted by atomic mass is 35.5. The predicted octanol–water partition coefficient (Wildman–Crippen LogP) is 2.40. The number of para-hydroxylation sites is 1. The molecule has 212 valence electrons. The summed E-state index contributed by atoms with van der Waals surface area (Å²) in [4.78, 5) is 24.4. The van der Waals surface area contributed by atoms with Crippen molar-refractivity contribution in [2.75, 3.05) is 18.1 Å². The quantitative estimate of drug-likeness (QED) is 0.151. The number of rotatable bonds is 10. The van der Waals surface area contributed by atoms with Gasteiger partial charge in [-0.3, -0.25) is 9.36 Å². The zero-order valence-corrected chi connectivity index (χ0v) is 23.6. The van der Waals surface area contributed by atoms with Gasteiger partial charge >= 0.3 is 12.6 Å². The van der Waals surface area contributed by atoms with Crippen LogP contribution in [0.4, 0.5) is 16.2 Å². The van der Waals surface area contributed by atoms with Crippen molar-refractivity contribution in [2.45, 2.75) is 56.5 Å². The summed E-state index contributed by atoms with van der Waals surface area (Å²) in [7, 11) is 0. The SMILES string of the molecule is CC(C)OC(=O)[C@@H](C)N[P@](=S)(OC[C@H]1O[C@@H](n2cnc3c(N)nc(N)nc32)[C@@](F)(Cl)[C@@H]1O)Oc1ccccc1. The number of nitrogens with two attached hydrogens (primary N) is 2. The second-order valence-electron chi connectivity index (χ2n) is 8.97. The zero-order chi connectivity index (χ0) is 28.5. The molecule has 13 nitrogen and oxygen atoms in total. The Morgan fingerprint density at radius 3 is 2.69 bits per heavy atom. The number of benzene rings is 1. The number of nitrogens with zero attached hydrogens (tertiary/aromatic N) is 4. The van der Waals surface area contributed by atoms with Crippen LogP contribution < -0.4 is 21.1 Å². The predicted molar refractivity (Wildman–Crippen MR) is 145 cm³/mol. The number of esters is 1. The van der Waals surface area contributed by atoms with Gasteiger partial charge in [0.1, 0.15) is 29.5 Å². The van der Waals surface area contributed by atoms with Crippen LogP contribution in [0, 0.1) is 0 Å². The molecule has 2 aromatic heterocycles. The molecule has 0 amide bonds. The lowest BCUT2D eigenvalue weighted by molar-refractivity contribution is -0.149. The molecule has 0 spiro atoms. The summed E-state index contributed by atoms with van der Waals surface area (Å²) < 4.78 is 39.6. The molecular formula is C22H28ClFN7O6PS. The Kier molecular flexibility index (Phi) is 8.61. The fourth-order valence-electron chi connectivity index (χ4n) is 3.74. The van der Waals surface area contributed by atoms with Crippen molar-refractivity contribution in [3.05, 3.63) is 36.7 Å². The number of anilines is 2. The first kappa shape index (κ1) is 29.3. The van der Waals surface area contributed by atoms with Gasteiger partial charge in [-0.2, -0.15) is 9.97 Å². The Hall–Kier alpha value is -2.65. The van der Waals surface area contributed by atoms with Crippen molar-refractivity contribution < 1.29 is 32.8 Å². The fourth-order valence-corrected chi connectivity index (χ4v) is 6.45. The molecule has 0 bridgehead atoms. The number of aliphatic hydroxyl groups is 1. The first-order chi connectivity index (χ1) is 18.3. The highest BCUT2D eigenvalue weighted by molar-refractivity contribution is 8.09. The number of imidazole rings is 1. The highest BCUT2D eigenvalue weighted by Gasteiger charge is 2.58. The van der Waals surface area contributed by atoms with Gasteiger partial charge < -0.3 is 35.1 Å². The van der Waals surface area contributed by atoms with Crippen LogP contribution in [0.3, 0.4) is 0 Å². The summed E-state index contributed by atoms with van der Waals surface area (Å²) >= 11 is 11.8. The summed E-state index contributed by atoms with van der Waals surface area (Å²) in [6.07, 6.45) is -3.94. The van der Waals surface area contributed by atoms with Crippen LogP contribution in [0.15, 0.2) is 36.7 Å². The molecular weight excluding hydrogens is 576 g/mol. The molecule has 0 unspecified atom stereocenters. The van der Waals surface area contributed by atoms with Gasteiger partial charge in [0.25, 0.3) is 5.13 Å². The first-order valence-corrected chi connectivity index (χ1v) is 14.8. The molecule has 6 atom stereocenters. The van der Waals surface area contributed by atoms with E-state index in [0.29, 0.717) is 5.75 Å². The summed E-state index contributed by atoms with van der Waals surface area (Å²) in [5, 5.41) is 10.8. The first-order valence-electron chi connectivity index (χ1n) is 11.7. The van der Waals surface area contributed by atoms with E-state index in [4.69, 9.17) is 53.4 Å². The Balaban J connectivity index is 1.55. The molecule has 0 radical (unpaired) electrons. The maximum atomic E-state index is 15.7. The van der Waals surface area contributed by atoms with Gasteiger partial charge in [0, 0.05) is 0 Å². The number of hydrogen-bond acceptors (Lipinski definition) is 12. The molecule has 1 aliphatic rings. The van der Waals surface area contributed by atoms with Gasteiger partial charge in [0.2, 0.25) is 5.95 Å². The lowest BCUT2D eigenvalue weighted by Gasteiger charge is -2.28. The zero-order valence-electron chi connectivity index (χ0n) is 21.1. The molecule has 39 heavy (non-hydrogen) atoms. The standard InChI is InChI=1S/C22H28ClFN7O6PS/c1-11(2)35-19(33)12(3)30-38(39,37-13-7-5-4-6-8-13)34-9-14-16(32)22(23,24)20(36-14)31-10-27-15-17(25)28-21(26)29-18(15)31/h4-8,10-12,14,16,20,32H,9H2,1-3H3,(H,30,39)(H4,25,26,28,29)/t12-,14-,16-,20-,22-,38+/m1/s1. The molecule has 1 aliphatic heterocycles. The largest absolute Gasteiger partial charge is 0.462 e.